The maximum atomic E-state index is 9.14. The average molecular weight is 433 g/mol. The van der Waals surface area contributed by atoms with Crippen LogP contribution in [0.25, 0.3) is 10.9 Å². The molecule has 4 rings (SSSR count). The van der Waals surface area contributed by atoms with Crippen molar-refractivity contribution >= 4 is 28.5 Å². The van der Waals surface area contributed by atoms with Crippen molar-refractivity contribution in [1.82, 2.24) is 24.8 Å². The number of nitriles is 1. The summed E-state index contributed by atoms with van der Waals surface area (Å²) in [6.07, 6.45) is 6.69. The molecule has 1 aliphatic heterocycles. The Bertz CT molecular complexity index is 1170. The summed E-state index contributed by atoms with van der Waals surface area (Å²) in [6, 6.07) is 3.75. The van der Waals surface area contributed by atoms with Gasteiger partial charge >= 0.3 is 0 Å². The monoisotopic (exact) mass is 433 g/mol. The van der Waals surface area contributed by atoms with Gasteiger partial charge in [0.1, 0.15) is 12.1 Å². The molecule has 3 heterocycles. The summed E-state index contributed by atoms with van der Waals surface area (Å²) in [5.74, 6) is 3.06. The zero-order valence-electron chi connectivity index (χ0n) is 18.1. The number of hydrogen-bond acceptors (Lipinski definition) is 9. The lowest BCUT2D eigenvalue weighted by molar-refractivity contribution is 0.355. The lowest BCUT2D eigenvalue weighted by atomic mass is 10.2. The smallest absolute Gasteiger partial charge is 0.215 e. The van der Waals surface area contributed by atoms with Gasteiger partial charge in [-0.2, -0.15) is 5.26 Å². The van der Waals surface area contributed by atoms with Gasteiger partial charge in [-0.3, -0.25) is 4.98 Å². The summed E-state index contributed by atoms with van der Waals surface area (Å²) in [7, 11) is 3.20. The van der Waals surface area contributed by atoms with Crippen LogP contribution in [0.1, 0.15) is 5.69 Å². The van der Waals surface area contributed by atoms with Crippen LogP contribution in [0, 0.1) is 18.4 Å². The number of anilines is 2. The maximum Gasteiger partial charge on any atom is 0.215 e. The van der Waals surface area contributed by atoms with Crippen molar-refractivity contribution in [3.8, 4) is 17.7 Å². The molecule has 1 saturated heterocycles. The van der Waals surface area contributed by atoms with E-state index in [-0.39, 0.29) is 0 Å². The second kappa shape index (κ2) is 9.30. The van der Waals surface area contributed by atoms with Crippen molar-refractivity contribution < 1.29 is 9.47 Å². The fourth-order valence-corrected chi connectivity index (χ4v) is 3.55. The SMILES string of the molecule is COc1cc2ncnc(N3CCN(/C(=N/C#N)Nc4cnc(C)cn4)CC3)c2cc1OC. The number of rotatable bonds is 4. The Morgan fingerprint density at radius 3 is 2.44 bits per heavy atom. The standard InChI is InChI=1S/C21H23N9O2/c1-14-10-24-19(11-23-14)28-21(25-12-22)30-6-4-29(5-7-30)20-15-8-17(31-2)18(32-3)9-16(15)26-13-27-20/h8-11,13H,4-7H2,1-3H3,(H,24,25,28). The normalized spacial score (nSPS) is 14.2. The Kier molecular flexibility index (Phi) is 6.12. The van der Waals surface area contributed by atoms with Gasteiger partial charge in [-0.1, -0.05) is 0 Å². The highest BCUT2D eigenvalue weighted by Gasteiger charge is 2.23. The lowest BCUT2D eigenvalue weighted by Gasteiger charge is -2.37. The van der Waals surface area contributed by atoms with E-state index >= 15 is 0 Å². The van der Waals surface area contributed by atoms with Crippen molar-refractivity contribution in [2.75, 3.05) is 50.6 Å². The molecule has 0 atom stereocenters. The van der Waals surface area contributed by atoms with Gasteiger partial charge in [0.05, 0.1) is 37.8 Å². The number of hydrogen-bond donors (Lipinski definition) is 1. The van der Waals surface area contributed by atoms with Crippen molar-refractivity contribution in [3.63, 3.8) is 0 Å². The zero-order valence-corrected chi connectivity index (χ0v) is 18.1. The van der Waals surface area contributed by atoms with Gasteiger partial charge < -0.3 is 24.6 Å². The van der Waals surface area contributed by atoms with Crippen LogP contribution in [0.4, 0.5) is 11.6 Å². The molecule has 1 aliphatic rings. The first-order valence-corrected chi connectivity index (χ1v) is 10.0. The molecule has 1 fully saturated rings. The third-order valence-corrected chi connectivity index (χ3v) is 5.18. The number of nitrogens with zero attached hydrogens (tertiary/aromatic N) is 8. The van der Waals surface area contributed by atoms with E-state index in [4.69, 9.17) is 14.7 Å². The topological polar surface area (TPSA) is 125 Å². The molecule has 0 bridgehead atoms. The fraction of sp³-hybridized carbons (Fsp3) is 0.333. The Hall–Kier alpha value is -4.20. The highest BCUT2D eigenvalue weighted by Crippen LogP contribution is 2.34. The molecule has 32 heavy (non-hydrogen) atoms. The van der Waals surface area contributed by atoms with Crippen molar-refractivity contribution in [2.45, 2.75) is 6.92 Å². The van der Waals surface area contributed by atoms with Crippen molar-refractivity contribution in [1.29, 1.82) is 5.26 Å². The third kappa shape index (κ3) is 4.29. The average Bonchev–Trinajstić information content (AvgIpc) is 2.84. The molecule has 3 aromatic rings. The van der Waals surface area contributed by atoms with E-state index in [1.165, 1.54) is 0 Å². The van der Waals surface area contributed by atoms with E-state index in [0.29, 0.717) is 49.5 Å². The first-order valence-electron chi connectivity index (χ1n) is 10.0. The molecule has 0 radical (unpaired) electrons. The fourth-order valence-electron chi connectivity index (χ4n) is 3.55. The van der Waals surface area contributed by atoms with Crippen LogP contribution in [0.3, 0.4) is 0 Å². The lowest BCUT2D eigenvalue weighted by Crippen LogP contribution is -2.51. The number of benzene rings is 1. The molecule has 164 valence electrons. The number of aryl methyl sites for hydroxylation is 1. The van der Waals surface area contributed by atoms with E-state index in [1.54, 1.807) is 32.9 Å². The molecule has 11 nitrogen and oxygen atoms in total. The molecule has 0 aliphatic carbocycles. The number of aromatic nitrogens is 4. The molecule has 0 spiro atoms. The van der Waals surface area contributed by atoms with E-state index in [1.807, 2.05) is 30.1 Å². The molecule has 0 unspecified atom stereocenters. The highest BCUT2D eigenvalue weighted by molar-refractivity contribution is 5.94. The maximum absolute atomic E-state index is 9.14. The molecule has 1 aromatic carbocycles. The molecule has 0 saturated carbocycles. The molecular weight excluding hydrogens is 410 g/mol. The van der Waals surface area contributed by atoms with Gasteiger partial charge in [0.25, 0.3) is 0 Å². The summed E-state index contributed by atoms with van der Waals surface area (Å²) in [5, 5.41) is 13.1. The number of guanidine groups is 1. The molecule has 0 amide bonds. The van der Waals surface area contributed by atoms with Crippen LogP contribution >= 0.6 is 0 Å². The summed E-state index contributed by atoms with van der Waals surface area (Å²) >= 11 is 0. The summed E-state index contributed by atoms with van der Waals surface area (Å²) in [6.45, 7) is 4.53. The number of piperazine rings is 1. The van der Waals surface area contributed by atoms with Crippen LogP contribution in [0.2, 0.25) is 0 Å². The van der Waals surface area contributed by atoms with E-state index in [2.05, 4.69) is 35.1 Å². The minimum Gasteiger partial charge on any atom is -0.493 e. The Balaban J connectivity index is 1.52. The number of ether oxygens (including phenoxy) is 2. The summed E-state index contributed by atoms with van der Waals surface area (Å²) < 4.78 is 10.8. The van der Waals surface area contributed by atoms with Crippen LogP contribution in [-0.4, -0.2) is 71.2 Å². The van der Waals surface area contributed by atoms with Gasteiger partial charge in [-0.25, -0.2) is 15.0 Å². The Morgan fingerprint density at radius 1 is 1.03 bits per heavy atom. The van der Waals surface area contributed by atoms with Crippen LogP contribution < -0.4 is 19.7 Å². The zero-order chi connectivity index (χ0) is 22.5. The molecule has 1 N–H and O–H groups in total. The minimum absolute atomic E-state index is 0.448. The second-order valence-corrected chi connectivity index (χ2v) is 7.10. The molecule has 11 heteroatoms. The van der Waals surface area contributed by atoms with Crippen LogP contribution in [0.15, 0.2) is 35.8 Å². The summed E-state index contributed by atoms with van der Waals surface area (Å²) in [4.78, 5) is 25.6. The summed E-state index contributed by atoms with van der Waals surface area (Å²) in [5.41, 5.74) is 1.59. The van der Waals surface area contributed by atoms with E-state index in [9.17, 15) is 0 Å². The van der Waals surface area contributed by atoms with E-state index in [0.717, 1.165) is 22.4 Å². The van der Waals surface area contributed by atoms with Gasteiger partial charge in [-0.05, 0) is 13.0 Å². The number of methoxy groups -OCH3 is 2. The van der Waals surface area contributed by atoms with Gasteiger partial charge in [0, 0.05) is 37.6 Å². The molecular formula is C21H23N9O2. The first kappa shape index (κ1) is 21.0. The predicted octanol–water partition coefficient (Wildman–Crippen LogP) is 1.82. The van der Waals surface area contributed by atoms with Gasteiger partial charge in [-0.15, -0.1) is 4.99 Å². The van der Waals surface area contributed by atoms with Crippen molar-refractivity contribution in [2.24, 2.45) is 4.99 Å². The first-order chi connectivity index (χ1) is 15.6. The van der Waals surface area contributed by atoms with Crippen molar-refractivity contribution in [3.05, 3.63) is 36.5 Å². The minimum atomic E-state index is 0.448. The number of fused-ring (bicyclic) bond motifs is 1. The van der Waals surface area contributed by atoms with Gasteiger partial charge in [0.15, 0.2) is 17.3 Å². The quantitative estimate of drug-likeness (QED) is 0.370. The Labute approximate surface area is 185 Å². The van der Waals surface area contributed by atoms with Crippen LogP contribution in [-0.2, 0) is 0 Å². The third-order valence-electron chi connectivity index (χ3n) is 5.18. The number of aliphatic imine (C=N–C) groups is 1. The van der Waals surface area contributed by atoms with E-state index < -0.39 is 0 Å². The predicted molar refractivity (Wildman–Crippen MR) is 120 cm³/mol. The van der Waals surface area contributed by atoms with Crippen LogP contribution in [0.5, 0.6) is 11.5 Å². The largest absolute Gasteiger partial charge is 0.493 e. The second-order valence-electron chi connectivity index (χ2n) is 7.10. The Morgan fingerprint density at radius 2 is 1.78 bits per heavy atom. The highest BCUT2D eigenvalue weighted by atomic mass is 16.5. The van der Waals surface area contributed by atoms with Gasteiger partial charge in [0.2, 0.25) is 12.2 Å². The molecule has 2 aromatic heterocycles. The number of nitrogens with one attached hydrogen (secondary N) is 1.